The van der Waals surface area contributed by atoms with E-state index in [0.717, 1.165) is 17.2 Å². The Morgan fingerprint density at radius 3 is 2.60 bits per heavy atom. The first-order valence-electron chi connectivity index (χ1n) is 4.28. The number of hydrogen-bond acceptors (Lipinski definition) is 0. The molecule has 1 unspecified atom stereocenters. The molecule has 1 radical (unpaired) electrons. The van der Waals surface area contributed by atoms with E-state index in [1.165, 1.54) is 32.1 Å². The molecule has 0 aromatic rings. The highest BCUT2D eigenvalue weighted by Crippen LogP contribution is 2.35. The summed E-state index contributed by atoms with van der Waals surface area (Å²) in [6, 6.07) is 0. The van der Waals surface area contributed by atoms with Gasteiger partial charge in [0.25, 0.3) is 0 Å². The maximum absolute atomic E-state index is 3.84. The summed E-state index contributed by atoms with van der Waals surface area (Å²) in [4.78, 5) is 0.794. The number of unbranched alkanes of at least 4 members (excludes halogenated alkanes) is 1. The van der Waals surface area contributed by atoms with E-state index < -0.39 is 0 Å². The third-order valence-corrected chi connectivity index (χ3v) is 3.60. The Bertz CT molecular complexity index is 86.7. The minimum atomic E-state index is 0.794. The standard InChI is InChI=1S/C9H16Br/c1-2-3-7-9(10)8-5-4-6-8/h8-9H,1-7H2. The Morgan fingerprint density at radius 2 is 2.20 bits per heavy atom. The molecule has 0 saturated heterocycles. The lowest BCUT2D eigenvalue weighted by Crippen LogP contribution is -2.21. The van der Waals surface area contributed by atoms with E-state index in [1.54, 1.807) is 0 Å². The second-order valence-corrected chi connectivity index (χ2v) is 4.38. The summed E-state index contributed by atoms with van der Waals surface area (Å²) in [6.45, 7) is 3.84. The van der Waals surface area contributed by atoms with Gasteiger partial charge in [-0.2, -0.15) is 0 Å². The fraction of sp³-hybridized carbons (Fsp3) is 0.889. The van der Waals surface area contributed by atoms with E-state index in [9.17, 15) is 0 Å². The van der Waals surface area contributed by atoms with E-state index in [0.29, 0.717) is 0 Å². The van der Waals surface area contributed by atoms with Crippen molar-refractivity contribution in [3.63, 3.8) is 0 Å². The quantitative estimate of drug-likeness (QED) is 0.614. The maximum atomic E-state index is 3.84. The van der Waals surface area contributed by atoms with Crippen molar-refractivity contribution in [3.8, 4) is 0 Å². The van der Waals surface area contributed by atoms with Crippen molar-refractivity contribution < 1.29 is 0 Å². The Hall–Kier alpha value is 0.480. The molecule has 0 N–H and O–H groups in total. The first-order valence-corrected chi connectivity index (χ1v) is 5.19. The number of hydrogen-bond donors (Lipinski definition) is 0. The average Bonchev–Trinajstić information content (AvgIpc) is 1.79. The molecule has 0 aromatic heterocycles. The molecule has 0 amide bonds. The molecule has 1 saturated carbocycles. The van der Waals surface area contributed by atoms with Crippen molar-refractivity contribution in [3.05, 3.63) is 6.92 Å². The first-order chi connectivity index (χ1) is 4.84. The van der Waals surface area contributed by atoms with Crippen molar-refractivity contribution in [2.75, 3.05) is 0 Å². The van der Waals surface area contributed by atoms with Crippen LogP contribution in [0, 0.1) is 12.8 Å². The van der Waals surface area contributed by atoms with Crippen molar-refractivity contribution in [2.24, 2.45) is 5.92 Å². The van der Waals surface area contributed by atoms with Crippen molar-refractivity contribution in [1.82, 2.24) is 0 Å². The molecule has 1 fully saturated rings. The van der Waals surface area contributed by atoms with Gasteiger partial charge in [-0.15, -0.1) is 0 Å². The third-order valence-electron chi connectivity index (χ3n) is 2.39. The lowest BCUT2D eigenvalue weighted by atomic mass is 9.81. The summed E-state index contributed by atoms with van der Waals surface area (Å²) in [7, 11) is 0. The largest absolute Gasteiger partial charge is 0.0888 e. The van der Waals surface area contributed by atoms with Gasteiger partial charge >= 0.3 is 0 Å². The van der Waals surface area contributed by atoms with Crippen LogP contribution in [0.2, 0.25) is 0 Å². The zero-order valence-corrected chi connectivity index (χ0v) is 8.07. The van der Waals surface area contributed by atoms with Crippen molar-refractivity contribution >= 4 is 15.9 Å². The van der Waals surface area contributed by atoms with Gasteiger partial charge in [0.2, 0.25) is 0 Å². The molecule has 1 aliphatic rings. The molecule has 0 spiro atoms. The summed E-state index contributed by atoms with van der Waals surface area (Å²) in [5.74, 6) is 0.992. The molecular weight excluding hydrogens is 188 g/mol. The van der Waals surface area contributed by atoms with Crippen LogP contribution in [0.1, 0.15) is 38.5 Å². The molecule has 1 atom stereocenters. The summed E-state index contributed by atoms with van der Waals surface area (Å²) < 4.78 is 0. The van der Waals surface area contributed by atoms with Crippen LogP contribution in [-0.4, -0.2) is 4.83 Å². The Kier molecular flexibility index (Phi) is 3.75. The minimum absolute atomic E-state index is 0.794. The molecule has 0 heterocycles. The van der Waals surface area contributed by atoms with Crippen LogP contribution in [0.4, 0.5) is 0 Å². The fourth-order valence-corrected chi connectivity index (χ4v) is 2.23. The second-order valence-electron chi connectivity index (χ2n) is 3.20. The van der Waals surface area contributed by atoms with Gasteiger partial charge in [-0.1, -0.05) is 42.1 Å². The molecule has 0 aromatic carbocycles. The van der Waals surface area contributed by atoms with Gasteiger partial charge in [-0.25, -0.2) is 0 Å². The van der Waals surface area contributed by atoms with Gasteiger partial charge in [-0.05, 0) is 25.2 Å². The molecule has 10 heavy (non-hydrogen) atoms. The summed E-state index contributed by atoms with van der Waals surface area (Å²) >= 11 is 3.73. The predicted octanol–water partition coefficient (Wildman–Crippen LogP) is 3.55. The molecular formula is C9H16Br. The Balaban J connectivity index is 2.02. The van der Waals surface area contributed by atoms with E-state index in [1.807, 2.05) is 0 Å². The van der Waals surface area contributed by atoms with Gasteiger partial charge in [0, 0.05) is 4.83 Å². The number of halogens is 1. The Labute approximate surface area is 72.5 Å². The lowest BCUT2D eigenvalue weighted by molar-refractivity contribution is 0.300. The monoisotopic (exact) mass is 203 g/mol. The molecule has 59 valence electrons. The SMILES string of the molecule is [CH2]CCCC(Br)C1CCC1. The van der Waals surface area contributed by atoms with E-state index in [-0.39, 0.29) is 0 Å². The minimum Gasteiger partial charge on any atom is -0.0888 e. The van der Waals surface area contributed by atoms with Crippen LogP contribution in [0.25, 0.3) is 0 Å². The van der Waals surface area contributed by atoms with Gasteiger partial charge in [0.05, 0.1) is 0 Å². The van der Waals surface area contributed by atoms with Crippen LogP contribution in [0.15, 0.2) is 0 Å². The Morgan fingerprint density at radius 1 is 1.50 bits per heavy atom. The normalized spacial score (nSPS) is 22.2. The van der Waals surface area contributed by atoms with Gasteiger partial charge < -0.3 is 0 Å². The van der Waals surface area contributed by atoms with Crippen LogP contribution in [-0.2, 0) is 0 Å². The van der Waals surface area contributed by atoms with E-state index in [2.05, 4.69) is 22.9 Å². The number of rotatable bonds is 4. The molecule has 0 aliphatic heterocycles. The van der Waals surface area contributed by atoms with Gasteiger partial charge in [-0.3, -0.25) is 0 Å². The first kappa shape index (κ1) is 8.58. The highest BCUT2D eigenvalue weighted by atomic mass is 79.9. The highest BCUT2D eigenvalue weighted by molar-refractivity contribution is 9.09. The summed E-state index contributed by atoms with van der Waals surface area (Å²) in [5, 5.41) is 0. The lowest BCUT2D eigenvalue weighted by Gasteiger charge is -2.30. The molecule has 0 nitrogen and oxygen atoms in total. The van der Waals surface area contributed by atoms with Gasteiger partial charge in [0.1, 0.15) is 0 Å². The second kappa shape index (κ2) is 4.38. The van der Waals surface area contributed by atoms with Crippen LogP contribution < -0.4 is 0 Å². The van der Waals surface area contributed by atoms with Crippen LogP contribution in [0.3, 0.4) is 0 Å². The number of alkyl halides is 1. The zero-order valence-electron chi connectivity index (χ0n) is 6.48. The van der Waals surface area contributed by atoms with Crippen LogP contribution in [0.5, 0.6) is 0 Å². The molecule has 1 rings (SSSR count). The third kappa shape index (κ3) is 2.26. The molecule has 1 heteroatoms. The average molecular weight is 204 g/mol. The topological polar surface area (TPSA) is 0 Å². The van der Waals surface area contributed by atoms with Gasteiger partial charge in [0.15, 0.2) is 0 Å². The smallest absolute Gasteiger partial charge is 0.0174 e. The summed E-state index contributed by atoms with van der Waals surface area (Å²) in [5.41, 5.74) is 0. The molecule has 1 aliphatic carbocycles. The van der Waals surface area contributed by atoms with Crippen molar-refractivity contribution in [1.29, 1.82) is 0 Å². The maximum Gasteiger partial charge on any atom is 0.0174 e. The van der Waals surface area contributed by atoms with E-state index in [4.69, 9.17) is 0 Å². The van der Waals surface area contributed by atoms with Crippen molar-refractivity contribution in [2.45, 2.75) is 43.4 Å². The van der Waals surface area contributed by atoms with Crippen LogP contribution >= 0.6 is 15.9 Å². The fourth-order valence-electron chi connectivity index (χ4n) is 1.38. The summed E-state index contributed by atoms with van der Waals surface area (Å²) in [6.07, 6.45) is 8.06. The predicted molar refractivity (Wildman–Crippen MR) is 49.3 cm³/mol. The zero-order chi connectivity index (χ0) is 7.40. The highest BCUT2D eigenvalue weighted by Gasteiger charge is 2.24. The van der Waals surface area contributed by atoms with E-state index >= 15 is 0 Å². The molecule has 0 bridgehead atoms.